The topological polar surface area (TPSA) is 35.6 Å². The van der Waals surface area contributed by atoms with Gasteiger partial charge in [0.15, 0.2) is 0 Å². The van der Waals surface area contributed by atoms with Crippen LogP contribution in [0.3, 0.4) is 0 Å². The van der Waals surface area contributed by atoms with Gasteiger partial charge in [0.25, 0.3) is 0 Å². The second-order valence-corrected chi connectivity index (χ2v) is 5.99. The van der Waals surface area contributed by atoms with Crippen LogP contribution in [0.25, 0.3) is 0 Å². The van der Waals surface area contributed by atoms with Crippen molar-refractivity contribution < 1.29 is 4.79 Å². The Kier molecular flexibility index (Phi) is 6.39. The summed E-state index contributed by atoms with van der Waals surface area (Å²) in [5.41, 5.74) is 1.23. The molecule has 4 nitrogen and oxygen atoms in total. The molecule has 0 radical (unpaired) electrons. The zero-order valence-corrected chi connectivity index (χ0v) is 13.6. The van der Waals surface area contributed by atoms with Crippen LogP contribution < -0.4 is 5.32 Å². The first-order valence-corrected chi connectivity index (χ1v) is 8.21. The zero-order valence-electron chi connectivity index (χ0n) is 12.7. The van der Waals surface area contributed by atoms with Gasteiger partial charge in [0.2, 0.25) is 0 Å². The van der Waals surface area contributed by atoms with Crippen molar-refractivity contribution in [3.8, 4) is 0 Å². The highest BCUT2D eigenvalue weighted by Gasteiger charge is 2.18. The lowest BCUT2D eigenvalue weighted by Gasteiger charge is -2.23. The van der Waals surface area contributed by atoms with Gasteiger partial charge < -0.3 is 15.1 Å². The molecule has 1 heterocycles. The third kappa shape index (κ3) is 4.93. The van der Waals surface area contributed by atoms with E-state index in [1.807, 2.05) is 23.1 Å². The van der Waals surface area contributed by atoms with Crippen LogP contribution in [0, 0.1) is 0 Å². The zero-order chi connectivity index (χ0) is 15.1. The summed E-state index contributed by atoms with van der Waals surface area (Å²) in [7, 11) is 2.10. The van der Waals surface area contributed by atoms with Gasteiger partial charge in [0.1, 0.15) is 0 Å². The number of carbonyl (C=O) groups excluding carboxylic acids is 1. The third-order valence-electron chi connectivity index (χ3n) is 4.00. The molecule has 1 fully saturated rings. The molecule has 0 spiro atoms. The Balaban J connectivity index is 1.85. The number of likely N-dealkylation sites (N-methyl/N-ethyl adjacent to an activating group) is 1. The smallest absolute Gasteiger partial charge is 0.317 e. The van der Waals surface area contributed by atoms with Gasteiger partial charge in [0, 0.05) is 32.1 Å². The van der Waals surface area contributed by atoms with Gasteiger partial charge in [-0.15, -0.1) is 0 Å². The monoisotopic (exact) mass is 307 g/mol. The van der Waals surface area contributed by atoms with E-state index in [9.17, 15) is 4.79 Å². The van der Waals surface area contributed by atoms with E-state index in [4.69, 9.17) is 0 Å². The van der Waals surface area contributed by atoms with Crippen LogP contribution in [0.2, 0.25) is 0 Å². The van der Waals surface area contributed by atoms with Crippen molar-refractivity contribution in [2.45, 2.75) is 12.3 Å². The first-order valence-electron chi connectivity index (χ1n) is 7.58. The quantitative estimate of drug-likeness (QED) is 0.835. The van der Waals surface area contributed by atoms with Crippen molar-refractivity contribution in [3.63, 3.8) is 0 Å². The van der Waals surface area contributed by atoms with Crippen LogP contribution >= 0.6 is 12.6 Å². The molecule has 1 aromatic carbocycles. The van der Waals surface area contributed by atoms with Crippen molar-refractivity contribution in [2.24, 2.45) is 0 Å². The molecule has 1 aliphatic rings. The summed E-state index contributed by atoms with van der Waals surface area (Å²) in [5.74, 6) is 0.987. The number of nitrogens with zero attached hydrogens (tertiary/aromatic N) is 2. The highest BCUT2D eigenvalue weighted by molar-refractivity contribution is 7.80. The predicted molar refractivity (Wildman–Crippen MR) is 90.1 cm³/mol. The largest absolute Gasteiger partial charge is 0.337 e. The average molecular weight is 307 g/mol. The van der Waals surface area contributed by atoms with Crippen molar-refractivity contribution in [1.82, 2.24) is 15.1 Å². The minimum atomic E-state index is 0.0491. The maximum Gasteiger partial charge on any atom is 0.317 e. The van der Waals surface area contributed by atoms with E-state index in [0.717, 1.165) is 38.4 Å². The highest BCUT2D eigenvalue weighted by atomic mass is 32.1. The van der Waals surface area contributed by atoms with Crippen LogP contribution in [0.4, 0.5) is 4.79 Å². The number of rotatable bonds is 4. The standard InChI is InChI=1S/C16H25N3OS/c1-18-8-5-9-19(11-10-18)16(20)17-12-15(13-21)14-6-3-2-4-7-14/h2-4,6-7,15,21H,5,8-13H2,1H3,(H,17,20). The van der Waals surface area contributed by atoms with E-state index in [2.05, 4.69) is 42.0 Å². The van der Waals surface area contributed by atoms with E-state index < -0.39 is 0 Å². The lowest BCUT2D eigenvalue weighted by atomic mass is 10.0. The Morgan fingerprint density at radius 2 is 2.00 bits per heavy atom. The summed E-state index contributed by atoms with van der Waals surface area (Å²) in [6.07, 6.45) is 1.04. The molecule has 2 rings (SSSR count). The minimum Gasteiger partial charge on any atom is -0.337 e. The van der Waals surface area contributed by atoms with Gasteiger partial charge in [-0.3, -0.25) is 0 Å². The van der Waals surface area contributed by atoms with Crippen LogP contribution in [0.15, 0.2) is 30.3 Å². The fourth-order valence-corrected chi connectivity index (χ4v) is 2.92. The van der Waals surface area contributed by atoms with Crippen molar-refractivity contribution in [2.75, 3.05) is 45.5 Å². The molecule has 0 aliphatic carbocycles. The number of urea groups is 1. The summed E-state index contributed by atoms with van der Waals surface area (Å²) >= 11 is 4.41. The van der Waals surface area contributed by atoms with Crippen molar-refractivity contribution in [1.29, 1.82) is 0 Å². The molecule has 116 valence electrons. The van der Waals surface area contributed by atoms with Gasteiger partial charge in [-0.2, -0.15) is 12.6 Å². The lowest BCUT2D eigenvalue weighted by molar-refractivity contribution is 0.199. The molecule has 2 amide bonds. The van der Waals surface area contributed by atoms with Crippen LogP contribution in [0.5, 0.6) is 0 Å². The molecule has 0 saturated carbocycles. The molecule has 1 atom stereocenters. The minimum absolute atomic E-state index is 0.0491. The van der Waals surface area contributed by atoms with Gasteiger partial charge in [0.05, 0.1) is 0 Å². The number of hydrogen-bond donors (Lipinski definition) is 2. The predicted octanol–water partition coefficient (Wildman–Crippen LogP) is 2.05. The Morgan fingerprint density at radius 1 is 1.24 bits per heavy atom. The number of thiol groups is 1. The van der Waals surface area contributed by atoms with Gasteiger partial charge >= 0.3 is 6.03 Å². The van der Waals surface area contributed by atoms with Crippen molar-refractivity contribution in [3.05, 3.63) is 35.9 Å². The van der Waals surface area contributed by atoms with Gasteiger partial charge in [-0.1, -0.05) is 30.3 Å². The molecule has 1 N–H and O–H groups in total. The van der Waals surface area contributed by atoms with Gasteiger partial charge in [-0.05, 0) is 31.3 Å². The number of carbonyl (C=O) groups is 1. The number of amides is 2. The van der Waals surface area contributed by atoms with E-state index in [1.165, 1.54) is 5.56 Å². The third-order valence-corrected chi connectivity index (χ3v) is 4.44. The normalized spacial score (nSPS) is 18.1. The molecule has 5 heteroatoms. The number of nitrogens with one attached hydrogen (secondary N) is 1. The molecule has 1 aliphatic heterocycles. The Morgan fingerprint density at radius 3 is 2.71 bits per heavy atom. The Hall–Kier alpha value is -1.20. The van der Waals surface area contributed by atoms with E-state index in [0.29, 0.717) is 6.54 Å². The van der Waals surface area contributed by atoms with E-state index >= 15 is 0 Å². The van der Waals surface area contributed by atoms with Crippen LogP contribution in [-0.2, 0) is 0 Å². The van der Waals surface area contributed by atoms with Crippen LogP contribution in [-0.4, -0.2) is 61.4 Å². The molecular weight excluding hydrogens is 282 g/mol. The van der Waals surface area contributed by atoms with Gasteiger partial charge in [-0.25, -0.2) is 4.79 Å². The van der Waals surface area contributed by atoms with Crippen LogP contribution in [0.1, 0.15) is 17.9 Å². The molecule has 1 unspecified atom stereocenters. The lowest BCUT2D eigenvalue weighted by Crippen LogP contribution is -2.43. The second-order valence-electron chi connectivity index (χ2n) is 5.62. The fraction of sp³-hybridized carbons (Fsp3) is 0.562. The first-order chi connectivity index (χ1) is 10.2. The number of benzene rings is 1. The molecule has 1 aromatic rings. The SMILES string of the molecule is CN1CCCN(C(=O)NCC(CS)c2ccccc2)CC1. The molecule has 0 bridgehead atoms. The molecule has 21 heavy (non-hydrogen) atoms. The van der Waals surface area contributed by atoms with Crippen molar-refractivity contribution >= 4 is 18.7 Å². The molecule has 0 aromatic heterocycles. The summed E-state index contributed by atoms with van der Waals surface area (Å²) in [6, 6.07) is 10.3. The molecule has 1 saturated heterocycles. The maximum atomic E-state index is 12.3. The summed E-state index contributed by atoms with van der Waals surface area (Å²) < 4.78 is 0. The average Bonchev–Trinajstić information content (AvgIpc) is 2.73. The first kappa shape index (κ1) is 16.2. The summed E-state index contributed by atoms with van der Waals surface area (Å²) in [6.45, 7) is 4.29. The maximum absolute atomic E-state index is 12.3. The fourth-order valence-electron chi connectivity index (χ4n) is 2.58. The summed E-state index contributed by atoms with van der Waals surface area (Å²) in [4.78, 5) is 16.5. The highest BCUT2D eigenvalue weighted by Crippen LogP contribution is 2.16. The van der Waals surface area contributed by atoms with E-state index in [-0.39, 0.29) is 11.9 Å². The molecular formula is C16H25N3OS. The summed E-state index contributed by atoms with van der Waals surface area (Å²) in [5, 5.41) is 3.06. The van der Waals surface area contributed by atoms with E-state index in [1.54, 1.807) is 0 Å². The Labute approximate surface area is 132 Å². The Bertz CT molecular complexity index is 440. The second kappa shape index (κ2) is 8.29. The number of hydrogen-bond acceptors (Lipinski definition) is 3.